The normalized spacial score (nSPS) is 32.6. The zero-order valence-corrected chi connectivity index (χ0v) is 9.84. The highest BCUT2D eigenvalue weighted by Crippen LogP contribution is 2.23. The molecular formula is C12H25NO. The lowest BCUT2D eigenvalue weighted by Crippen LogP contribution is -2.43. The largest absolute Gasteiger partial charge is 0.389 e. The molecule has 0 amide bonds. The van der Waals surface area contributed by atoms with E-state index in [1.807, 2.05) is 13.8 Å². The van der Waals surface area contributed by atoms with Gasteiger partial charge in [-0.1, -0.05) is 13.8 Å². The van der Waals surface area contributed by atoms with Crippen molar-refractivity contribution in [3.8, 4) is 0 Å². The standard InChI is InChI=1S/C12H25NO/c1-4-12(3,14)9-13-11-7-5-10(2)6-8-11/h10-11,13-14H,4-9H2,1-3H3. The third kappa shape index (κ3) is 3.97. The first kappa shape index (κ1) is 12.0. The molecule has 14 heavy (non-hydrogen) atoms. The van der Waals surface area contributed by atoms with Crippen LogP contribution in [0.1, 0.15) is 52.9 Å². The van der Waals surface area contributed by atoms with Gasteiger partial charge < -0.3 is 10.4 Å². The van der Waals surface area contributed by atoms with Crippen LogP contribution in [0, 0.1) is 5.92 Å². The Morgan fingerprint density at radius 3 is 2.36 bits per heavy atom. The van der Waals surface area contributed by atoms with Gasteiger partial charge in [0.15, 0.2) is 0 Å². The van der Waals surface area contributed by atoms with E-state index in [2.05, 4.69) is 12.2 Å². The molecule has 1 saturated carbocycles. The average molecular weight is 199 g/mol. The summed E-state index contributed by atoms with van der Waals surface area (Å²) >= 11 is 0. The monoisotopic (exact) mass is 199 g/mol. The lowest BCUT2D eigenvalue weighted by molar-refractivity contribution is 0.0507. The highest BCUT2D eigenvalue weighted by atomic mass is 16.3. The molecule has 1 fully saturated rings. The maximum Gasteiger partial charge on any atom is 0.0741 e. The molecule has 1 rings (SSSR count). The van der Waals surface area contributed by atoms with Gasteiger partial charge in [0.2, 0.25) is 0 Å². The molecule has 1 unspecified atom stereocenters. The van der Waals surface area contributed by atoms with Gasteiger partial charge in [-0.05, 0) is 44.9 Å². The van der Waals surface area contributed by atoms with Gasteiger partial charge in [-0.3, -0.25) is 0 Å². The number of rotatable bonds is 4. The molecule has 2 N–H and O–H groups in total. The molecule has 1 aliphatic rings. The first-order valence-electron chi connectivity index (χ1n) is 5.99. The number of nitrogens with one attached hydrogen (secondary N) is 1. The molecular weight excluding hydrogens is 174 g/mol. The fourth-order valence-corrected chi connectivity index (χ4v) is 1.95. The maximum absolute atomic E-state index is 9.84. The summed E-state index contributed by atoms with van der Waals surface area (Å²) in [4.78, 5) is 0. The van der Waals surface area contributed by atoms with Gasteiger partial charge in [-0.15, -0.1) is 0 Å². The summed E-state index contributed by atoms with van der Waals surface area (Å²) in [5, 5.41) is 13.3. The van der Waals surface area contributed by atoms with Crippen LogP contribution in [-0.2, 0) is 0 Å². The Bertz CT molecular complexity index is 160. The molecule has 0 heterocycles. The quantitative estimate of drug-likeness (QED) is 0.728. The Hall–Kier alpha value is -0.0800. The minimum Gasteiger partial charge on any atom is -0.389 e. The number of hydrogen-bond acceptors (Lipinski definition) is 2. The molecule has 0 radical (unpaired) electrons. The molecule has 0 bridgehead atoms. The average Bonchev–Trinajstić information content (AvgIpc) is 2.17. The van der Waals surface area contributed by atoms with E-state index in [1.165, 1.54) is 25.7 Å². The van der Waals surface area contributed by atoms with Crippen LogP contribution in [-0.4, -0.2) is 23.3 Å². The molecule has 84 valence electrons. The van der Waals surface area contributed by atoms with Crippen molar-refractivity contribution in [3.05, 3.63) is 0 Å². The van der Waals surface area contributed by atoms with Crippen molar-refractivity contribution >= 4 is 0 Å². The molecule has 0 aliphatic heterocycles. The van der Waals surface area contributed by atoms with Crippen molar-refractivity contribution in [1.82, 2.24) is 5.32 Å². The van der Waals surface area contributed by atoms with Gasteiger partial charge in [0, 0.05) is 12.6 Å². The third-order valence-corrected chi connectivity index (χ3v) is 3.55. The summed E-state index contributed by atoms with van der Waals surface area (Å²) in [6, 6.07) is 0.643. The van der Waals surface area contributed by atoms with E-state index in [9.17, 15) is 5.11 Å². The smallest absolute Gasteiger partial charge is 0.0741 e. The van der Waals surface area contributed by atoms with Crippen LogP contribution >= 0.6 is 0 Å². The zero-order chi connectivity index (χ0) is 10.6. The van der Waals surface area contributed by atoms with E-state index in [-0.39, 0.29) is 0 Å². The summed E-state index contributed by atoms with van der Waals surface area (Å²) in [6.07, 6.45) is 6.06. The second kappa shape index (κ2) is 5.13. The van der Waals surface area contributed by atoms with Crippen LogP contribution in [0.5, 0.6) is 0 Å². The number of hydrogen-bond donors (Lipinski definition) is 2. The van der Waals surface area contributed by atoms with Crippen LogP contribution < -0.4 is 5.32 Å². The van der Waals surface area contributed by atoms with Crippen molar-refractivity contribution in [2.24, 2.45) is 5.92 Å². The van der Waals surface area contributed by atoms with Crippen LogP contribution in [0.25, 0.3) is 0 Å². The highest BCUT2D eigenvalue weighted by molar-refractivity contribution is 4.80. The molecule has 0 spiro atoms. The summed E-state index contributed by atoms with van der Waals surface area (Å²) in [5.41, 5.74) is -0.525. The third-order valence-electron chi connectivity index (χ3n) is 3.55. The minimum absolute atomic E-state index is 0.525. The summed E-state index contributed by atoms with van der Waals surface area (Å²) in [6.45, 7) is 7.01. The molecule has 2 heteroatoms. The van der Waals surface area contributed by atoms with Gasteiger partial charge in [-0.2, -0.15) is 0 Å². The Morgan fingerprint density at radius 1 is 1.29 bits per heavy atom. The van der Waals surface area contributed by atoms with E-state index in [1.54, 1.807) is 0 Å². The second-order valence-electron chi connectivity index (χ2n) is 5.19. The Morgan fingerprint density at radius 2 is 1.86 bits per heavy atom. The zero-order valence-electron chi connectivity index (χ0n) is 9.84. The Balaban J connectivity index is 2.19. The molecule has 0 aromatic carbocycles. The predicted molar refractivity (Wildman–Crippen MR) is 60.3 cm³/mol. The highest BCUT2D eigenvalue weighted by Gasteiger charge is 2.22. The van der Waals surface area contributed by atoms with Crippen molar-refractivity contribution in [3.63, 3.8) is 0 Å². The van der Waals surface area contributed by atoms with Crippen molar-refractivity contribution in [2.75, 3.05) is 6.54 Å². The summed E-state index contributed by atoms with van der Waals surface area (Å²) < 4.78 is 0. The topological polar surface area (TPSA) is 32.3 Å². The predicted octanol–water partition coefficient (Wildman–Crippen LogP) is 2.32. The summed E-state index contributed by atoms with van der Waals surface area (Å²) in [7, 11) is 0. The molecule has 0 aromatic heterocycles. The SMILES string of the molecule is CCC(C)(O)CNC1CCC(C)CC1. The van der Waals surface area contributed by atoms with Crippen molar-refractivity contribution < 1.29 is 5.11 Å². The van der Waals surface area contributed by atoms with Crippen LogP contribution in [0.2, 0.25) is 0 Å². The lowest BCUT2D eigenvalue weighted by atomic mass is 9.87. The van der Waals surface area contributed by atoms with Gasteiger partial charge in [0.1, 0.15) is 0 Å². The van der Waals surface area contributed by atoms with Crippen molar-refractivity contribution in [1.29, 1.82) is 0 Å². The van der Waals surface area contributed by atoms with Crippen LogP contribution in [0.4, 0.5) is 0 Å². The van der Waals surface area contributed by atoms with E-state index in [0.717, 1.165) is 18.9 Å². The summed E-state index contributed by atoms with van der Waals surface area (Å²) in [5.74, 6) is 0.903. The molecule has 1 atom stereocenters. The number of aliphatic hydroxyl groups is 1. The lowest BCUT2D eigenvalue weighted by Gasteiger charge is -2.30. The van der Waals surface area contributed by atoms with E-state index in [0.29, 0.717) is 6.04 Å². The van der Waals surface area contributed by atoms with Crippen molar-refractivity contribution in [2.45, 2.75) is 64.5 Å². The molecule has 0 saturated heterocycles. The van der Waals surface area contributed by atoms with Gasteiger partial charge in [0.25, 0.3) is 0 Å². The minimum atomic E-state index is -0.525. The fourth-order valence-electron chi connectivity index (χ4n) is 1.95. The molecule has 1 aliphatic carbocycles. The molecule has 2 nitrogen and oxygen atoms in total. The first-order chi connectivity index (χ1) is 6.53. The maximum atomic E-state index is 9.84. The first-order valence-corrected chi connectivity index (χ1v) is 5.99. The molecule has 0 aromatic rings. The van der Waals surface area contributed by atoms with Gasteiger partial charge in [-0.25, -0.2) is 0 Å². The van der Waals surface area contributed by atoms with Crippen LogP contribution in [0.3, 0.4) is 0 Å². The van der Waals surface area contributed by atoms with Gasteiger partial charge >= 0.3 is 0 Å². The van der Waals surface area contributed by atoms with Gasteiger partial charge in [0.05, 0.1) is 5.60 Å². The Kier molecular flexibility index (Phi) is 4.39. The van der Waals surface area contributed by atoms with E-state index < -0.39 is 5.60 Å². The van der Waals surface area contributed by atoms with Crippen LogP contribution in [0.15, 0.2) is 0 Å². The van der Waals surface area contributed by atoms with E-state index >= 15 is 0 Å². The second-order valence-corrected chi connectivity index (χ2v) is 5.19. The van der Waals surface area contributed by atoms with E-state index in [4.69, 9.17) is 0 Å². The Labute approximate surface area is 88.1 Å². The fraction of sp³-hybridized carbons (Fsp3) is 1.00.